The second kappa shape index (κ2) is 9.81. The van der Waals surface area contributed by atoms with Crippen LogP contribution in [0.5, 0.6) is 0 Å². The van der Waals surface area contributed by atoms with Crippen LogP contribution in [0.1, 0.15) is 10.4 Å². The Labute approximate surface area is 204 Å². The van der Waals surface area contributed by atoms with Crippen LogP contribution in [0, 0.1) is 17.1 Å². The number of thiazole rings is 1. The normalized spacial score (nSPS) is 13.6. The number of hydrogen-bond donors (Lipinski definition) is 2. The average molecular weight is 495 g/mol. The van der Waals surface area contributed by atoms with Crippen molar-refractivity contribution in [2.45, 2.75) is 6.54 Å². The lowest BCUT2D eigenvalue weighted by molar-refractivity contribution is 0.122. The van der Waals surface area contributed by atoms with Gasteiger partial charge in [-0.2, -0.15) is 5.26 Å². The van der Waals surface area contributed by atoms with E-state index in [1.165, 1.54) is 18.3 Å². The molecule has 10 heteroatoms. The van der Waals surface area contributed by atoms with Crippen LogP contribution in [0.2, 0.25) is 5.02 Å². The maximum atomic E-state index is 13.6. The molecule has 0 radical (unpaired) electrons. The standard InChI is InChI=1S/C24H20ClFN6OS/c25-20-10-17(1-3-21(20)26)31-23-15(11-27)12-29-22-4-2-16(9-19(22)23)28-13-18-14-30-24(34-18)32-5-7-33-8-6-32/h1-4,9-10,12,14,28H,5-8,13H2,(H,29,31). The number of nitrogens with zero attached hydrogens (tertiary/aromatic N) is 4. The molecule has 0 unspecified atom stereocenters. The van der Waals surface area contributed by atoms with Crippen molar-refractivity contribution in [2.75, 3.05) is 41.8 Å². The molecule has 0 amide bonds. The topological polar surface area (TPSA) is 86.1 Å². The summed E-state index contributed by atoms with van der Waals surface area (Å²) in [5.74, 6) is -0.501. The Balaban J connectivity index is 1.39. The lowest BCUT2D eigenvalue weighted by Crippen LogP contribution is -2.36. The van der Waals surface area contributed by atoms with Crippen molar-refractivity contribution < 1.29 is 9.13 Å². The van der Waals surface area contributed by atoms with Crippen LogP contribution in [-0.4, -0.2) is 36.3 Å². The number of nitrogens with one attached hydrogen (secondary N) is 2. The second-order valence-corrected chi connectivity index (χ2v) is 9.21. The molecule has 4 aromatic rings. The van der Waals surface area contributed by atoms with E-state index in [0.717, 1.165) is 52.9 Å². The Morgan fingerprint density at radius 1 is 1.12 bits per heavy atom. The van der Waals surface area contributed by atoms with Crippen molar-refractivity contribution in [2.24, 2.45) is 0 Å². The van der Waals surface area contributed by atoms with Gasteiger partial charge < -0.3 is 20.3 Å². The summed E-state index contributed by atoms with van der Waals surface area (Å²) in [6.07, 6.45) is 3.41. The number of fused-ring (bicyclic) bond motifs is 1. The van der Waals surface area contributed by atoms with Gasteiger partial charge in [-0.05, 0) is 36.4 Å². The van der Waals surface area contributed by atoms with Crippen LogP contribution in [0.15, 0.2) is 48.8 Å². The summed E-state index contributed by atoms with van der Waals surface area (Å²) in [7, 11) is 0. The fourth-order valence-electron chi connectivity index (χ4n) is 3.71. The zero-order chi connectivity index (χ0) is 23.5. The molecule has 5 rings (SSSR count). The number of ether oxygens (including phenoxy) is 1. The smallest absolute Gasteiger partial charge is 0.185 e. The van der Waals surface area contributed by atoms with Crippen molar-refractivity contribution >= 4 is 56.0 Å². The van der Waals surface area contributed by atoms with Gasteiger partial charge in [-0.3, -0.25) is 4.98 Å². The van der Waals surface area contributed by atoms with Crippen LogP contribution in [0.4, 0.5) is 26.6 Å². The summed E-state index contributed by atoms with van der Waals surface area (Å²) in [4.78, 5) is 12.3. The predicted molar refractivity (Wildman–Crippen MR) is 134 cm³/mol. The van der Waals surface area contributed by atoms with Gasteiger partial charge in [-0.15, -0.1) is 11.3 Å². The first kappa shape index (κ1) is 22.3. The highest BCUT2D eigenvalue weighted by Crippen LogP contribution is 2.32. The van der Waals surface area contributed by atoms with E-state index in [0.29, 0.717) is 23.5 Å². The van der Waals surface area contributed by atoms with Gasteiger partial charge in [-0.1, -0.05) is 11.6 Å². The van der Waals surface area contributed by atoms with Crippen LogP contribution in [-0.2, 0) is 11.3 Å². The summed E-state index contributed by atoms with van der Waals surface area (Å²) in [5.41, 5.74) is 3.15. The van der Waals surface area contributed by atoms with Gasteiger partial charge >= 0.3 is 0 Å². The Bertz CT molecular complexity index is 1380. The first-order chi connectivity index (χ1) is 16.6. The Morgan fingerprint density at radius 3 is 2.74 bits per heavy atom. The number of nitriles is 1. The number of pyridine rings is 1. The fraction of sp³-hybridized carbons (Fsp3) is 0.208. The molecule has 1 saturated heterocycles. The average Bonchev–Trinajstić information content (AvgIpc) is 3.35. The van der Waals surface area contributed by atoms with Crippen LogP contribution >= 0.6 is 22.9 Å². The van der Waals surface area contributed by atoms with Gasteiger partial charge in [0, 0.05) is 47.1 Å². The van der Waals surface area contributed by atoms with Crippen molar-refractivity contribution in [1.82, 2.24) is 9.97 Å². The molecule has 0 aliphatic carbocycles. The van der Waals surface area contributed by atoms with Gasteiger partial charge in [-0.25, -0.2) is 9.37 Å². The zero-order valence-corrected chi connectivity index (χ0v) is 19.6. The van der Waals surface area contributed by atoms with E-state index < -0.39 is 5.82 Å². The maximum Gasteiger partial charge on any atom is 0.185 e. The van der Waals surface area contributed by atoms with Crippen molar-refractivity contribution in [1.29, 1.82) is 5.26 Å². The number of morpholine rings is 1. The molecule has 172 valence electrons. The molecule has 0 bridgehead atoms. The minimum atomic E-state index is -0.501. The van der Waals surface area contributed by atoms with E-state index in [-0.39, 0.29) is 5.02 Å². The first-order valence-corrected chi connectivity index (χ1v) is 11.9. The third kappa shape index (κ3) is 4.75. The molecule has 3 heterocycles. The van der Waals surface area contributed by atoms with Gasteiger partial charge in [0.1, 0.15) is 11.9 Å². The quantitative estimate of drug-likeness (QED) is 0.363. The highest BCUT2D eigenvalue weighted by Gasteiger charge is 2.15. The minimum Gasteiger partial charge on any atom is -0.380 e. The number of rotatable bonds is 6. The van der Waals surface area contributed by atoms with E-state index >= 15 is 0 Å². The third-order valence-electron chi connectivity index (χ3n) is 5.47. The maximum absolute atomic E-state index is 13.6. The predicted octanol–water partition coefficient (Wildman–Crippen LogP) is 5.55. The lowest BCUT2D eigenvalue weighted by Gasteiger charge is -2.25. The molecule has 1 fully saturated rings. The Morgan fingerprint density at radius 2 is 1.94 bits per heavy atom. The van der Waals surface area contributed by atoms with E-state index in [4.69, 9.17) is 16.3 Å². The zero-order valence-electron chi connectivity index (χ0n) is 18.0. The molecule has 2 N–H and O–H groups in total. The second-order valence-electron chi connectivity index (χ2n) is 7.71. The Hall–Kier alpha value is -3.45. The SMILES string of the molecule is N#Cc1cnc2ccc(NCc3cnc(N4CCOCC4)s3)cc2c1Nc1ccc(F)c(Cl)c1. The van der Waals surface area contributed by atoms with Gasteiger partial charge in [0.25, 0.3) is 0 Å². The largest absolute Gasteiger partial charge is 0.380 e. The van der Waals surface area contributed by atoms with Gasteiger partial charge in [0.15, 0.2) is 5.13 Å². The van der Waals surface area contributed by atoms with Crippen molar-refractivity contribution in [3.05, 3.63) is 70.1 Å². The van der Waals surface area contributed by atoms with Crippen molar-refractivity contribution in [3.63, 3.8) is 0 Å². The Kier molecular flexibility index (Phi) is 6.45. The van der Waals surface area contributed by atoms with Gasteiger partial charge in [0.05, 0.1) is 41.5 Å². The molecule has 0 saturated carbocycles. The number of halogens is 2. The van der Waals surface area contributed by atoms with E-state index in [1.807, 2.05) is 24.4 Å². The summed E-state index contributed by atoms with van der Waals surface area (Å²) < 4.78 is 19.0. The van der Waals surface area contributed by atoms with E-state index in [9.17, 15) is 9.65 Å². The lowest BCUT2D eigenvalue weighted by atomic mass is 10.1. The highest BCUT2D eigenvalue weighted by molar-refractivity contribution is 7.15. The molecular weight excluding hydrogens is 475 g/mol. The fourth-order valence-corrected chi connectivity index (χ4v) is 4.79. The summed E-state index contributed by atoms with van der Waals surface area (Å²) in [5, 5.41) is 18.1. The first-order valence-electron chi connectivity index (χ1n) is 10.7. The molecule has 1 aliphatic heterocycles. The molecule has 0 atom stereocenters. The number of benzene rings is 2. The molecule has 0 spiro atoms. The van der Waals surface area contributed by atoms with Crippen molar-refractivity contribution in [3.8, 4) is 6.07 Å². The van der Waals surface area contributed by atoms with E-state index in [1.54, 1.807) is 17.4 Å². The van der Waals surface area contributed by atoms with Crippen LogP contribution < -0.4 is 15.5 Å². The summed E-state index contributed by atoms with van der Waals surface area (Å²) in [6, 6.07) is 12.3. The highest BCUT2D eigenvalue weighted by atomic mass is 35.5. The summed E-state index contributed by atoms with van der Waals surface area (Å²) in [6.45, 7) is 3.78. The van der Waals surface area contributed by atoms with Crippen LogP contribution in [0.3, 0.4) is 0 Å². The molecule has 1 aliphatic rings. The minimum absolute atomic E-state index is 0.00484. The molecule has 7 nitrogen and oxygen atoms in total. The van der Waals surface area contributed by atoms with Crippen LogP contribution in [0.25, 0.3) is 10.9 Å². The van der Waals surface area contributed by atoms with Gasteiger partial charge in [0.2, 0.25) is 0 Å². The van der Waals surface area contributed by atoms with E-state index in [2.05, 4.69) is 31.6 Å². The third-order valence-corrected chi connectivity index (χ3v) is 6.81. The molecular formula is C24H20ClFN6OS. The number of hydrogen-bond acceptors (Lipinski definition) is 8. The monoisotopic (exact) mass is 494 g/mol. The molecule has 34 heavy (non-hydrogen) atoms. The number of anilines is 4. The molecule has 2 aromatic heterocycles. The number of aromatic nitrogens is 2. The summed E-state index contributed by atoms with van der Waals surface area (Å²) >= 11 is 7.59. The molecule has 2 aromatic carbocycles.